The van der Waals surface area contributed by atoms with E-state index in [-0.39, 0.29) is 24.0 Å². The number of aromatic nitrogens is 2. The molecule has 0 spiro atoms. The van der Waals surface area contributed by atoms with E-state index in [2.05, 4.69) is 5.32 Å². The van der Waals surface area contributed by atoms with Crippen LogP contribution in [0, 0.1) is 5.82 Å². The van der Waals surface area contributed by atoms with Crippen LogP contribution in [0.2, 0.25) is 0 Å². The van der Waals surface area contributed by atoms with E-state index in [1.165, 1.54) is 10.6 Å². The van der Waals surface area contributed by atoms with Gasteiger partial charge in [0.15, 0.2) is 0 Å². The Kier molecular flexibility index (Phi) is 5.05. The highest BCUT2D eigenvalue weighted by molar-refractivity contribution is 5.85. The van der Waals surface area contributed by atoms with E-state index in [4.69, 9.17) is 0 Å². The predicted octanol–water partition coefficient (Wildman–Crippen LogP) is 2.85. The maximum atomic E-state index is 13.4. The number of rotatable bonds is 2. The summed E-state index contributed by atoms with van der Waals surface area (Å²) in [5, 5.41) is 3.14. The minimum Gasteiger partial charge on any atom is -0.317 e. The van der Waals surface area contributed by atoms with Gasteiger partial charge >= 0.3 is 11.9 Å². The van der Waals surface area contributed by atoms with Crippen LogP contribution in [0.4, 0.5) is 17.6 Å². The van der Waals surface area contributed by atoms with E-state index in [1.54, 1.807) is 0 Å². The van der Waals surface area contributed by atoms with E-state index in [0.29, 0.717) is 36.0 Å². The second kappa shape index (κ2) is 6.52. The van der Waals surface area contributed by atoms with Crippen molar-refractivity contribution in [3.8, 4) is 0 Å². The molecule has 3 rings (SSSR count). The smallest absolute Gasteiger partial charge is 0.317 e. The largest absolute Gasteiger partial charge is 0.406 e. The standard InChI is InChI=1S/C14H15F4N3O.ClH/c15-9-1-2-11-12(7-9)20(8-14(16,17)18)13(22)21(11)10-3-5-19-6-4-10;/h1-2,7,10,19H,3-6,8H2;1H. The molecule has 0 saturated carbocycles. The highest BCUT2D eigenvalue weighted by atomic mass is 35.5. The van der Waals surface area contributed by atoms with Crippen molar-refractivity contribution in [2.24, 2.45) is 0 Å². The van der Waals surface area contributed by atoms with Gasteiger partial charge in [0.1, 0.15) is 12.4 Å². The number of benzene rings is 1. The van der Waals surface area contributed by atoms with Crippen LogP contribution >= 0.6 is 12.4 Å². The molecule has 2 aromatic rings. The van der Waals surface area contributed by atoms with Crippen molar-refractivity contribution in [3.05, 3.63) is 34.5 Å². The lowest BCUT2D eigenvalue weighted by molar-refractivity contribution is -0.140. The molecule has 1 fully saturated rings. The Bertz CT molecular complexity index is 747. The monoisotopic (exact) mass is 353 g/mol. The van der Waals surface area contributed by atoms with Crippen molar-refractivity contribution in [2.75, 3.05) is 13.1 Å². The highest BCUT2D eigenvalue weighted by Crippen LogP contribution is 2.26. The molecule has 0 bridgehead atoms. The summed E-state index contributed by atoms with van der Waals surface area (Å²) in [5.74, 6) is -0.661. The molecular formula is C14H16ClF4N3O. The van der Waals surface area contributed by atoms with Crippen LogP contribution in [-0.2, 0) is 6.54 Å². The first kappa shape index (κ1) is 17.8. The maximum absolute atomic E-state index is 13.4. The fourth-order valence-electron chi connectivity index (χ4n) is 3.00. The van der Waals surface area contributed by atoms with E-state index in [0.717, 1.165) is 12.1 Å². The number of hydrogen-bond donors (Lipinski definition) is 1. The molecule has 128 valence electrons. The first-order chi connectivity index (χ1) is 10.4. The number of fused-ring (bicyclic) bond motifs is 1. The van der Waals surface area contributed by atoms with E-state index in [1.807, 2.05) is 0 Å². The van der Waals surface area contributed by atoms with Gasteiger partial charge in [-0.1, -0.05) is 0 Å². The number of piperidine rings is 1. The molecule has 2 heterocycles. The van der Waals surface area contributed by atoms with Crippen molar-refractivity contribution < 1.29 is 17.6 Å². The summed E-state index contributed by atoms with van der Waals surface area (Å²) in [6, 6.07) is 3.36. The SMILES string of the molecule is Cl.O=c1n(CC(F)(F)F)c2cc(F)ccc2n1C1CCNCC1. The summed E-state index contributed by atoms with van der Waals surface area (Å²) >= 11 is 0. The number of halogens is 5. The highest BCUT2D eigenvalue weighted by Gasteiger charge is 2.32. The van der Waals surface area contributed by atoms with E-state index in [9.17, 15) is 22.4 Å². The second-order valence-corrected chi connectivity index (χ2v) is 5.47. The van der Waals surface area contributed by atoms with Gasteiger partial charge < -0.3 is 5.32 Å². The molecule has 1 aliphatic heterocycles. The van der Waals surface area contributed by atoms with Crippen molar-refractivity contribution in [2.45, 2.75) is 31.6 Å². The Hall–Kier alpha value is -1.54. The zero-order valence-electron chi connectivity index (χ0n) is 12.1. The molecule has 0 atom stereocenters. The van der Waals surface area contributed by atoms with Crippen LogP contribution in [0.5, 0.6) is 0 Å². The van der Waals surface area contributed by atoms with E-state index < -0.39 is 24.2 Å². The summed E-state index contributed by atoms with van der Waals surface area (Å²) < 4.78 is 53.6. The zero-order chi connectivity index (χ0) is 15.9. The molecular weight excluding hydrogens is 338 g/mol. The van der Waals surface area contributed by atoms with Crippen LogP contribution in [-0.4, -0.2) is 28.4 Å². The third-order valence-corrected chi connectivity index (χ3v) is 3.94. The molecule has 4 nitrogen and oxygen atoms in total. The Morgan fingerprint density at radius 2 is 1.83 bits per heavy atom. The molecule has 0 aliphatic carbocycles. The Balaban J connectivity index is 0.00000192. The molecule has 1 N–H and O–H groups in total. The first-order valence-electron chi connectivity index (χ1n) is 7.04. The number of nitrogens with one attached hydrogen (secondary N) is 1. The van der Waals surface area contributed by atoms with Gasteiger partial charge in [0.25, 0.3) is 0 Å². The minimum absolute atomic E-state index is 0. The second-order valence-electron chi connectivity index (χ2n) is 5.47. The molecule has 0 amide bonds. The number of nitrogens with zero attached hydrogens (tertiary/aromatic N) is 2. The molecule has 9 heteroatoms. The normalized spacial score (nSPS) is 16.5. The van der Waals surface area contributed by atoms with Crippen molar-refractivity contribution in [1.82, 2.24) is 14.5 Å². The quantitative estimate of drug-likeness (QED) is 0.843. The summed E-state index contributed by atoms with van der Waals surface area (Å²) in [7, 11) is 0. The average molecular weight is 354 g/mol. The van der Waals surface area contributed by atoms with Gasteiger partial charge in [0, 0.05) is 6.04 Å². The van der Waals surface area contributed by atoms with Gasteiger partial charge in [0.2, 0.25) is 0 Å². The predicted molar refractivity (Wildman–Crippen MR) is 80.6 cm³/mol. The van der Waals surface area contributed by atoms with Gasteiger partial charge in [-0.15, -0.1) is 12.4 Å². The summed E-state index contributed by atoms with van der Waals surface area (Å²) in [6.07, 6.45) is -3.23. The maximum Gasteiger partial charge on any atom is 0.406 e. The van der Waals surface area contributed by atoms with Crippen LogP contribution in [0.3, 0.4) is 0 Å². The van der Waals surface area contributed by atoms with E-state index >= 15 is 0 Å². The minimum atomic E-state index is -4.54. The third kappa shape index (κ3) is 3.53. The van der Waals surface area contributed by atoms with Crippen LogP contribution in [0.25, 0.3) is 11.0 Å². The lowest BCUT2D eigenvalue weighted by Crippen LogP contribution is -2.36. The third-order valence-electron chi connectivity index (χ3n) is 3.94. The molecule has 1 aromatic heterocycles. The zero-order valence-corrected chi connectivity index (χ0v) is 12.9. The molecule has 1 aromatic carbocycles. The fourth-order valence-corrected chi connectivity index (χ4v) is 3.00. The average Bonchev–Trinajstić information content (AvgIpc) is 2.71. The van der Waals surface area contributed by atoms with Gasteiger partial charge in [-0.2, -0.15) is 13.2 Å². The van der Waals surface area contributed by atoms with Crippen LogP contribution in [0.1, 0.15) is 18.9 Å². The molecule has 0 radical (unpaired) electrons. The van der Waals surface area contributed by atoms with Crippen molar-refractivity contribution in [3.63, 3.8) is 0 Å². The number of hydrogen-bond acceptors (Lipinski definition) is 2. The number of alkyl halides is 3. The Morgan fingerprint density at radius 1 is 1.17 bits per heavy atom. The molecule has 23 heavy (non-hydrogen) atoms. The van der Waals surface area contributed by atoms with Crippen LogP contribution < -0.4 is 11.0 Å². The summed E-state index contributed by atoms with van der Waals surface area (Å²) in [5.41, 5.74) is -0.395. The fraction of sp³-hybridized carbons (Fsp3) is 0.500. The van der Waals surface area contributed by atoms with Gasteiger partial charge in [-0.05, 0) is 44.1 Å². The molecule has 0 unspecified atom stereocenters. The topological polar surface area (TPSA) is 39.0 Å². The first-order valence-corrected chi connectivity index (χ1v) is 7.04. The lowest BCUT2D eigenvalue weighted by atomic mass is 10.1. The molecule has 1 aliphatic rings. The number of imidazole rings is 1. The van der Waals surface area contributed by atoms with Gasteiger partial charge in [-0.3, -0.25) is 9.13 Å². The summed E-state index contributed by atoms with van der Waals surface area (Å²) in [6.45, 7) is -0.0156. The van der Waals surface area contributed by atoms with Crippen molar-refractivity contribution >= 4 is 23.4 Å². The molecule has 1 saturated heterocycles. The van der Waals surface area contributed by atoms with Crippen LogP contribution in [0.15, 0.2) is 23.0 Å². The lowest BCUT2D eigenvalue weighted by Gasteiger charge is -2.23. The van der Waals surface area contributed by atoms with Crippen molar-refractivity contribution in [1.29, 1.82) is 0 Å². The van der Waals surface area contributed by atoms with Gasteiger partial charge in [0.05, 0.1) is 11.0 Å². The summed E-state index contributed by atoms with van der Waals surface area (Å²) in [4.78, 5) is 12.5. The Morgan fingerprint density at radius 3 is 2.43 bits per heavy atom. The van der Waals surface area contributed by atoms with Gasteiger partial charge in [-0.25, -0.2) is 9.18 Å². The Labute approximate surface area is 135 Å².